The van der Waals surface area contributed by atoms with E-state index in [2.05, 4.69) is 0 Å². The van der Waals surface area contributed by atoms with Gasteiger partial charge in [0.15, 0.2) is 0 Å². The normalized spacial score (nSPS) is 8.69. The summed E-state index contributed by atoms with van der Waals surface area (Å²) in [6.45, 7) is 2.97. The summed E-state index contributed by atoms with van der Waals surface area (Å²) in [5.41, 5.74) is 0. The van der Waals surface area contributed by atoms with Gasteiger partial charge in [0.05, 0.1) is 11.9 Å². The molecule has 0 atom stereocenters. The van der Waals surface area contributed by atoms with Crippen molar-refractivity contribution in [1.82, 2.24) is 4.90 Å². The molecule has 0 aliphatic carbocycles. The molecule has 0 aromatic carbocycles. The SMILES string of the molecule is CCC(=O)N(CC)C(C(=O)[O-])C(=O)[O-].[Na+].[Na+]. The van der Waals surface area contributed by atoms with Gasteiger partial charge in [-0.2, -0.15) is 0 Å². The summed E-state index contributed by atoms with van der Waals surface area (Å²) in [4.78, 5) is 32.7. The van der Waals surface area contributed by atoms with Crippen molar-refractivity contribution in [2.24, 2.45) is 0 Å². The van der Waals surface area contributed by atoms with Crippen molar-refractivity contribution in [3.05, 3.63) is 0 Å². The van der Waals surface area contributed by atoms with Crippen LogP contribution in [0.5, 0.6) is 0 Å². The first-order chi connectivity index (χ1) is 6.45. The molecule has 0 heterocycles. The zero-order chi connectivity index (χ0) is 11.3. The van der Waals surface area contributed by atoms with Crippen LogP contribution in [-0.4, -0.2) is 35.3 Å². The van der Waals surface area contributed by atoms with Gasteiger partial charge in [-0.25, -0.2) is 0 Å². The Kier molecular flexibility index (Phi) is 14.3. The third kappa shape index (κ3) is 6.22. The van der Waals surface area contributed by atoms with E-state index >= 15 is 0 Å². The van der Waals surface area contributed by atoms with Crippen molar-refractivity contribution in [3.8, 4) is 0 Å². The number of aliphatic carboxylic acids is 2. The minimum atomic E-state index is -2.01. The van der Waals surface area contributed by atoms with Crippen molar-refractivity contribution >= 4 is 17.8 Å². The molecule has 0 aromatic heterocycles. The van der Waals surface area contributed by atoms with Crippen LogP contribution >= 0.6 is 0 Å². The number of hydrogen-bond acceptors (Lipinski definition) is 5. The van der Waals surface area contributed by atoms with Crippen LogP contribution in [0.25, 0.3) is 0 Å². The average molecular weight is 247 g/mol. The van der Waals surface area contributed by atoms with E-state index in [4.69, 9.17) is 0 Å². The molecule has 6 nitrogen and oxygen atoms in total. The molecule has 80 valence electrons. The van der Waals surface area contributed by atoms with Crippen LogP contribution in [0.15, 0.2) is 0 Å². The van der Waals surface area contributed by atoms with Gasteiger partial charge in [-0.15, -0.1) is 0 Å². The fourth-order valence-corrected chi connectivity index (χ4v) is 1.06. The molecule has 1 amide bonds. The van der Waals surface area contributed by atoms with E-state index in [0.29, 0.717) is 4.90 Å². The summed E-state index contributed by atoms with van der Waals surface area (Å²) in [7, 11) is 0. The van der Waals surface area contributed by atoms with Gasteiger partial charge < -0.3 is 24.7 Å². The number of carboxylic acids is 2. The number of hydrogen-bond donors (Lipinski definition) is 0. The van der Waals surface area contributed by atoms with Crippen LogP contribution in [0.3, 0.4) is 0 Å². The van der Waals surface area contributed by atoms with E-state index in [-0.39, 0.29) is 72.1 Å². The zero-order valence-corrected chi connectivity index (χ0v) is 14.0. The Morgan fingerprint density at radius 1 is 1.06 bits per heavy atom. The summed E-state index contributed by atoms with van der Waals surface area (Å²) in [6.07, 6.45) is 0.0326. The number of amides is 1. The molecule has 0 radical (unpaired) electrons. The van der Waals surface area contributed by atoms with E-state index in [1.165, 1.54) is 13.8 Å². The second-order valence-corrected chi connectivity index (χ2v) is 2.57. The fraction of sp³-hybridized carbons (Fsp3) is 0.625. The van der Waals surface area contributed by atoms with Gasteiger partial charge in [0.25, 0.3) is 0 Å². The first-order valence-electron chi connectivity index (χ1n) is 4.16. The molecular weight excluding hydrogens is 236 g/mol. The Morgan fingerprint density at radius 3 is 1.62 bits per heavy atom. The zero-order valence-electron chi connectivity index (χ0n) is 9.98. The van der Waals surface area contributed by atoms with Crippen molar-refractivity contribution < 1.29 is 83.7 Å². The number of rotatable bonds is 5. The minimum absolute atomic E-state index is 0. The van der Waals surface area contributed by atoms with Crippen molar-refractivity contribution in [2.45, 2.75) is 26.3 Å². The molecule has 0 N–H and O–H groups in total. The number of carboxylic acid groups (broad SMARTS) is 2. The monoisotopic (exact) mass is 247 g/mol. The van der Waals surface area contributed by atoms with E-state index in [9.17, 15) is 24.6 Å². The van der Waals surface area contributed by atoms with Gasteiger partial charge in [-0.3, -0.25) is 4.79 Å². The Bertz CT molecular complexity index is 245. The van der Waals surface area contributed by atoms with Crippen molar-refractivity contribution in [1.29, 1.82) is 0 Å². The van der Waals surface area contributed by atoms with Gasteiger partial charge >= 0.3 is 59.1 Å². The fourth-order valence-electron chi connectivity index (χ4n) is 1.06. The largest absolute Gasteiger partial charge is 1.00 e. The molecule has 0 saturated carbocycles. The van der Waals surface area contributed by atoms with E-state index in [1.54, 1.807) is 0 Å². The number of nitrogens with zero attached hydrogens (tertiary/aromatic N) is 1. The molecule has 0 aliphatic rings. The number of carbonyl (C=O) groups is 3. The summed E-state index contributed by atoms with van der Waals surface area (Å²) in [5, 5.41) is 20.9. The summed E-state index contributed by atoms with van der Waals surface area (Å²) in [6, 6.07) is -2.01. The molecule has 0 rings (SSSR count). The third-order valence-corrected chi connectivity index (χ3v) is 1.72. The van der Waals surface area contributed by atoms with Gasteiger partial charge in [-0.05, 0) is 6.92 Å². The van der Waals surface area contributed by atoms with Crippen molar-refractivity contribution in [2.75, 3.05) is 6.54 Å². The molecule has 0 aromatic rings. The molecule has 0 fully saturated rings. The predicted octanol–water partition coefficient (Wildman–Crippen LogP) is -8.88. The maximum absolute atomic E-state index is 11.1. The second-order valence-electron chi connectivity index (χ2n) is 2.57. The van der Waals surface area contributed by atoms with Crippen molar-refractivity contribution in [3.63, 3.8) is 0 Å². The van der Waals surface area contributed by atoms with E-state index < -0.39 is 23.9 Å². The smallest absolute Gasteiger partial charge is 0.547 e. The van der Waals surface area contributed by atoms with Crippen LogP contribution < -0.4 is 69.3 Å². The maximum atomic E-state index is 11.1. The number of likely N-dealkylation sites (N-methyl/N-ethyl adjacent to an activating group) is 1. The summed E-state index contributed by atoms with van der Waals surface area (Å²) >= 11 is 0. The van der Waals surface area contributed by atoms with Crippen LogP contribution in [0.4, 0.5) is 0 Å². The first kappa shape index (κ1) is 21.7. The Labute approximate surface area is 138 Å². The predicted molar refractivity (Wildman–Crippen MR) is 41.5 cm³/mol. The minimum Gasteiger partial charge on any atom is -0.547 e. The molecule has 16 heavy (non-hydrogen) atoms. The summed E-state index contributed by atoms with van der Waals surface area (Å²) < 4.78 is 0. The molecule has 8 heteroatoms. The molecular formula is C8H11NNa2O5. The number of carbonyl (C=O) groups excluding carboxylic acids is 3. The Balaban J connectivity index is -0.000000845. The van der Waals surface area contributed by atoms with Gasteiger partial charge in [0.2, 0.25) is 5.91 Å². The molecule has 0 spiro atoms. The average Bonchev–Trinajstić information content (AvgIpc) is 2.11. The quantitative estimate of drug-likeness (QED) is 0.354. The van der Waals surface area contributed by atoms with Crippen LogP contribution in [0.1, 0.15) is 20.3 Å². The third-order valence-electron chi connectivity index (χ3n) is 1.72. The van der Waals surface area contributed by atoms with Crippen LogP contribution in [-0.2, 0) is 14.4 Å². The van der Waals surface area contributed by atoms with Gasteiger partial charge in [0.1, 0.15) is 6.04 Å². The summed E-state index contributed by atoms with van der Waals surface area (Å²) in [5.74, 6) is -4.24. The Hall–Kier alpha value is 0.410. The molecule has 0 unspecified atom stereocenters. The maximum Gasteiger partial charge on any atom is 1.00 e. The van der Waals surface area contributed by atoms with Gasteiger partial charge in [0, 0.05) is 13.0 Å². The first-order valence-corrected chi connectivity index (χ1v) is 4.16. The van der Waals surface area contributed by atoms with Gasteiger partial charge in [-0.1, -0.05) is 6.92 Å². The topological polar surface area (TPSA) is 101 Å². The second kappa shape index (κ2) is 10.6. The van der Waals surface area contributed by atoms with E-state index in [1.807, 2.05) is 0 Å². The van der Waals surface area contributed by atoms with Crippen LogP contribution in [0.2, 0.25) is 0 Å². The Morgan fingerprint density at radius 2 is 1.44 bits per heavy atom. The molecule has 0 bridgehead atoms. The van der Waals surface area contributed by atoms with Crippen LogP contribution in [0, 0.1) is 0 Å². The van der Waals surface area contributed by atoms with E-state index in [0.717, 1.165) is 0 Å². The molecule has 0 aliphatic heterocycles. The standard InChI is InChI=1S/C8H13NO5.2Na/c1-3-5(10)9(4-2)6(7(11)12)8(13)14;;/h6H,3-4H2,1-2H3,(H,11,12)(H,13,14);;/q;2*+1/p-2. The molecule has 0 saturated heterocycles.